The number of carbonyl (C=O) groups excluding carboxylic acids is 1. The molecule has 0 spiro atoms. The highest BCUT2D eigenvalue weighted by Crippen LogP contribution is 2.40. The van der Waals surface area contributed by atoms with Crippen molar-refractivity contribution in [1.29, 1.82) is 0 Å². The molecule has 1 amide bonds. The molecule has 1 aliphatic carbocycles. The van der Waals surface area contributed by atoms with Gasteiger partial charge in [0.05, 0.1) is 11.5 Å². The largest absolute Gasteiger partial charge is 0.381 e. The van der Waals surface area contributed by atoms with Gasteiger partial charge in [0.1, 0.15) is 0 Å². The SMILES string of the molecule is COC1C2CCC1CN(C(=O)C1(C)CCCNC1)C2. The molecule has 2 aliphatic heterocycles. The third-order valence-electron chi connectivity index (χ3n) is 5.42. The monoisotopic (exact) mass is 266 g/mol. The van der Waals surface area contributed by atoms with E-state index < -0.39 is 0 Å². The van der Waals surface area contributed by atoms with Crippen LogP contribution in [0.25, 0.3) is 0 Å². The van der Waals surface area contributed by atoms with Gasteiger partial charge in [0.15, 0.2) is 0 Å². The van der Waals surface area contributed by atoms with Gasteiger partial charge in [-0.15, -0.1) is 0 Å². The van der Waals surface area contributed by atoms with Gasteiger partial charge in [-0.05, 0) is 39.2 Å². The Morgan fingerprint density at radius 2 is 2.00 bits per heavy atom. The van der Waals surface area contributed by atoms with Crippen LogP contribution in [0.5, 0.6) is 0 Å². The molecule has 3 atom stereocenters. The summed E-state index contributed by atoms with van der Waals surface area (Å²) in [7, 11) is 1.82. The van der Waals surface area contributed by atoms with Crippen molar-refractivity contribution in [3.8, 4) is 0 Å². The van der Waals surface area contributed by atoms with E-state index in [1.54, 1.807) is 0 Å². The normalized spacial score (nSPS) is 42.4. The minimum absolute atomic E-state index is 0.183. The van der Waals surface area contributed by atoms with Gasteiger partial charge in [-0.3, -0.25) is 4.79 Å². The lowest BCUT2D eigenvalue weighted by Gasteiger charge is -2.42. The molecule has 3 fully saturated rings. The van der Waals surface area contributed by atoms with E-state index in [0.717, 1.165) is 39.0 Å². The Labute approximate surface area is 115 Å². The summed E-state index contributed by atoms with van der Waals surface area (Å²) in [5, 5.41) is 3.38. The van der Waals surface area contributed by atoms with E-state index in [1.165, 1.54) is 12.8 Å². The Morgan fingerprint density at radius 3 is 2.53 bits per heavy atom. The van der Waals surface area contributed by atoms with E-state index in [4.69, 9.17) is 4.74 Å². The molecule has 2 bridgehead atoms. The number of hydrogen-bond acceptors (Lipinski definition) is 3. The smallest absolute Gasteiger partial charge is 0.229 e. The molecule has 0 aromatic rings. The zero-order valence-electron chi connectivity index (χ0n) is 12.2. The van der Waals surface area contributed by atoms with Gasteiger partial charge in [0.2, 0.25) is 5.91 Å². The molecule has 4 nitrogen and oxygen atoms in total. The Bertz CT molecular complexity index is 338. The maximum absolute atomic E-state index is 12.8. The second-order valence-corrected chi connectivity index (χ2v) is 6.85. The number of rotatable bonds is 2. The Morgan fingerprint density at radius 1 is 1.32 bits per heavy atom. The lowest BCUT2D eigenvalue weighted by Crippen LogP contribution is -2.55. The van der Waals surface area contributed by atoms with Crippen LogP contribution in [-0.4, -0.2) is 50.2 Å². The summed E-state index contributed by atoms with van der Waals surface area (Å²) >= 11 is 0. The maximum Gasteiger partial charge on any atom is 0.229 e. The number of carbonyl (C=O) groups is 1. The fraction of sp³-hybridized carbons (Fsp3) is 0.933. The minimum Gasteiger partial charge on any atom is -0.381 e. The van der Waals surface area contributed by atoms with Crippen LogP contribution in [0.2, 0.25) is 0 Å². The third-order valence-corrected chi connectivity index (χ3v) is 5.42. The van der Waals surface area contributed by atoms with E-state index in [0.29, 0.717) is 23.8 Å². The van der Waals surface area contributed by atoms with Crippen LogP contribution in [0.15, 0.2) is 0 Å². The predicted octanol–water partition coefficient (Wildman–Crippen LogP) is 1.26. The first-order valence-corrected chi connectivity index (χ1v) is 7.67. The zero-order chi connectivity index (χ0) is 13.5. The standard InChI is InChI=1S/C15H26N2O2/c1-15(6-3-7-16-10-15)14(18)17-8-11-4-5-12(9-17)13(11)19-2/h11-13,16H,3-10H2,1-2H3. The van der Waals surface area contributed by atoms with E-state index in [1.807, 2.05) is 7.11 Å². The molecule has 2 saturated heterocycles. The summed E-state index contributed by atoms with van der Waals surface area (Å²) in [5.74, 6) is 1.49. The highest BCUT2D eigenvalue weighted by atomic mass is 16.5. The van der Waals surface area contributed by atoms with Crippen LogP contribution in [-0.2, 0) is 9.53 Å². The lowest BCUT2D eigenvalue weighted by atomic mass is 9.80. The first-order valence-electron chi connectivity index (χ1n) is 7.67. The van der Waals surface area contributed by atoms with Crippen LogP contribution >= 0.6 is 0 Å². The second-order valence-electron chi connectivity index (χ2n) is 6.85. The number of piperidine rings is 2. The van der Waals surface area contributed by atoms with Crippen molar-refractivity contribution in [3.63, 3.8) is 0 Å². The van der Waals surface area contributed by atoms with Gasteiger partial charge >= 0.3 is 0 Å². The molecule has 3 rings (SSSR count). The van der Waals surface area contributed by atoms with Gasteiger partial charge < -0.3 is 15.0 Å². The van der Waals surface area contributed by atoms with Crippen molar-refractivity contribution in [1.82, 2.24) is 10.2 Å². The molecule has 19 heavy (non-hydrogen) atoms. The topological polar surface area (TPSA) is 41.6 Å². The van der Waals surface area contributed by atoms with Crippen LogP contribution in [0.1, 0.15) is 32.6 Å². The average Bonchev–Trinajstić information content (AvgIpc) is 2.67. The fourth-order valence-electron chi connectivity index (χ4n) is 4.34. The molecule has 0 radical (unpaired) electrons. The predicted molar refractivity (Wildman–Crippen MR) is 73.8 cm³/mol. The van der Waals surface area contributed by atoms with E-state index in [9.17, 15) is 4.79 Å². The molecule has 4 heteroatoms. The molecular weight excluding hydrogens is 240 g/mol. The van der Waals surface area contributed by atoms with Crippen molar-refractivity contribution >= 4 is 5.91 Å². The van der Waals surface area contributed by atoms with Crippen molar-refractivity contribution in [2.75, 3.05) is 33.3 Å². The fourth-order valence-corrected chi connectivity index (χ4v) is 4.34. The van der Waals surface area contributed by atoms with Crippen molar-refractivity contribution in [2.24, 2.45) is 17.3 Å². The Hall–Kier alpha value is -0.610. The Balaban J connectivity index is 1.69. The first kappa shape index (κ1) is 13.4. The van der Waals surface area contributed by atoms with Gasteiger partial charge in [-0.25, -0.2) is 0 Å². The van der Waals surface area contributed by atoms with Crippen LogP contribution in [0.4, 0.5) is 0 Å². The first-order chi connectivity index (χ1) is 9.14. The number of ether oxygens (including phenoxy) is 1. The van der Waals surface area contributed by atoms with Crippen LogP contribution < -0.4 is 5.32 Å². The number of nitrogens with one attached hydrogen (secondary N) is 1. The molecule has 1 N–H and O–H groups in total. The molecule has 1 saturated carbocycles. The molecular formula is C15H26N2O2. The highest BCUT2D eigenvalue weighted by molar-refractivity contribution is 5.83. The number of hydrogen-bond donors (Lipinski definition) is 1. The van der Waals surface area contributed by atoms with Crippen molar-refractivity contribution in [2.45, 2.75) is 38.7 Å². The summed E-state index contributed by atoms with van der Waals surface area (Å²) in [6.07, 6.45) is 4.98. The third kappa shape index (κ3) is 2.29. The number of nitrogens with zero attached hydrogens (tertiary/aromatic N) is 1. The van der Waals surface area contributed by atoms with Gasteiger partial charge in [-0.2, -0.15) is 0 Å². The van der Waals surface area contributed by atoms with E-state index in [-0.39, 0.29) is 5.41 Å². The van der Waals surface area contributed by atoms with Crippen LogP contribution in [0, 0.1) is 17.3 Å². The second kappa shape index (κ2) is 5.06. The molecule has 3 aliphatic rings. The maximum atomic E-state index is 12.8. The molecule has 3 unspecified atom stereocenters. The molecule has 0 aromatic carbocycles. The summed E-state index contributed by atoms with van der Waals surface area (Å²) in [4.78, 5) is 15.0. The Kier molecular flexibility index (Phi) is 3.56. The molecule has 0 aromatic heterocycles. The van der Waals surface area contributed by atoms with Crippen molar-refractivity contribution in [3.05, 3.63) is 0 Å². The lowest BCUT2D eigenvalue weighted by molar-refractivity contribution is -0.147. The number of methoxy groups -OCH3 is 1. The number of fused-ring (bicyclic) bond motifs is 2. The molecule has 2 heterocycles. The minimum atomic E-state index is -0.183. The van der Waals surface area contributed by atoms with Crippen LogP contribution in [0.3, 0.4) is 0 Å². The summed E-state index contributed by atoms with van der Waals surface area (Å²) in [5.41, 5.74) is -0.183. The van der Waals surface area contributed by atoms with Gasteiger partial charge in [0, 0.05) is 38.6 Å². The molecule has 108 valence electrons. The van der Waals surface area contributed by atoms with Crippen molar-refractivity contribution < 1.29 is 9.53 Å². The van der Waals surface area contributed by atoms with Gasteiger partial charge in [0.25, 0.3) is 0 Å². The quantitative estimate of drug-likeness (QED) is 0.818. The number of likely N-dealkylation sites (tertiary alicyclic amines) is 1. The summed E-state index contributed by atoms with van der Waals surface area (Å²) < 4.78 is 5.63. The zero-order valence-corrected chi connectivity index (χ0v) is 12.2. The van der Waals surface area contributed by atoms with Gasteiger partial charge in [-0.1, -0.05) is 0 Å². The highest BCUT2D eigenvalue weighted by Gasteiger charge is 2.46. The summed E-state index contributed by atoms with van der Waals surface area (Å²) in [6.45, 7) is 5.84. The van der Waals surface area contributed by atoms with E-state index >= 15 is 0 Å². The van der Waals surface area contributed by atoms with E-state index in [2.05, 4.69) is 17.1 Å². The average molecular weight is 266 g/mol. The summed E-state index contributed by atoms with van der Waals surface area (Å²) in [6, 6.07) is 0. The number of amides is 1.